The standard InChI is InChI=1S/C23H20N4O3S/c1-23(2)8-17-13(19(28)9-23)7-14(20(29)25-17)21(30)27-22-26-18(11-31-22)15-10-24-16-6-4-3-5-12(15)16/h3-7,10-11,24H,8-9H2,1-2H3,(H,25,29)(H,26,27,30). The van der Waals surface area contributed by atoms with Crippen LogP contribution in [0.25, 0.3) is 22.2 Å². The zero-order valence-corrected chi connectivity index (χ0v) is 17.9. The fourth-order valence-electron chi connectivity index (χ4n) is 4.10. The van der Waals surface area contributed by atoms with Crippen LogP contribution in [0.15, 0.2) is 46.7 Å². The van der Waals surface area contributed by atoms with Gasteiger partial charge in [-0.05, 0) is 24.0 Å². The Hall–Kier alpha value is -3.52. The van der Waals surface area contributed by atoms with Gasteiger partial charge in [-0.15, -0.1) is 11.3 Å². The monoisotopic (exact) mass is 432 g/mol. The number of amides is 1. The molecule has 0 bridgehead atoms. The predicted molar refractivity (Wildman–Crippen MR) is 121 cm³/mol. The summed E-state index contributed by atoms with van der Waals surface area (Å²) >= 11 is 1.28. The molecule has 0 spiro atoms. The SMILES string of the molecule is CC1(C)CC(=O)c2cc(C(=O)Nc3nc(-c4c[nH]c5ccccc45)cs3)c(=O)[nH]c2C1. The van der Waals surface area contributed by atoms with Gasteiger partial charge in [0.2, 0.25) is 0 Å². The fourth-order valence-corrected chi connectivity index (χ4v) is 4.80. The first-order valence-electron chi connectivity index (χ1n) is 9.93. The highest BCUT2D eigenvalue weighted by Crippen LogP contribution is 2.34. The molecule has 0 saturated carbocycles. The number of nitrogens with one attached hydrogen (secondary N) is 3. The molecule has 3 N–H and O–H groups in total. The number of para-hydroxylation sites is 1. The Labute approximate surface area is 181 Å². The van der Waals surface area contributed by atoms with Crippen LogP contribution in [0.2, 0.25) is 0 Å². The van der Waals surface area contributed by atoms with Crippen molar-refractivity contribution in [1.82, 2.24) is 15.0 Å². The molecule has 5 rings (SSSR count). The van der Waals surface area contributed by atoms with E-state index in [0.29, 0.717) is 29.2 Å². The van der Waals surface area contributed by atoms with Crippen LogP contribution in [0.3, 0.4) is 0 Å². The summed E-state index contributed by atoms with van der Waals surface area (Å²) in [7, 11) is 0. The molecule has 0 aliphatic heterocycles. The lowest BCUT2D eigenvalue weighted by atomic mass is 9.75. The Balaban J connectivity index is 1.42. The molecule has 1 aromatic carbocycles. The summed E-state index contributed by atoms with van der Waals surface area (Å²) in [5.74, 6) is -0.645. The Morgan fingerprint density at radius 1 is 1.16 bits per heavy atom. The molecule has 0 atom stereocenters. The summed E-state index contributed by atoms with van der Waals surface area (Å²) in [6.45, 7) is 3.97. The van der Waals surface area contributed by atoms with Crippen LogP contribution in [-0.2, 0) is 6.42 Å². The van der Waals surface area contributed by atoms with Crippen LogP contribution in [-0.4, -0.2) is 26.6 Å². The number of benzene rings is 1. The van der Waals surface area contributed by atoms with Crippen molar-refractivity contribution < 1.29 is 9.59 Å². The average Bonchev–Trinajstić information content (AvgIpc) is 3.33. The molecule has 3 aromatic heterocycles. The molecule has 4 aromatic rings. The molecule has 156 valence electrons. The van der Waals surface area contributed by atoms with Gasteiger partial charge in [-0.25, -0.2) is 4.98 Å². The molecule has 0 saturated heterocycles. The molecule has 0 unspecified atom stereocenters. The van der Waals surface area contributed by atoms with E-state index in [-0.39, 0.29) is 16.8 Å². The molecule has 3 heterocycles. The van der Waals surface area contributed by atoms with Crippen LogP contribution in [0.5, 0.6) is 0 Å². The van der Waals surface area contributed by atoms with Gasteiger partial charge in [0.05, 0.1) is 5.69 Å². The van der Waals surface area contributed by atoms with Crippen LogP contribution < -0.4 is 10.9 Å². The maximum Gasteiger partial charge on any atom is 0.263 e. The Kier molecular flexibility index (Phi) is 4.40. The first-order valence-corrected chi connectivity index (χ1v) is 10.8. The van der Waals surface area contributed by atoms with Crippen molar-refractivity contribution in [3.8, 4) is 11.3 Å². The number of ketones is 1. The predicted octanol–water partition coefficient (Wildman–Crippen LogP) is 4.39. The van der Waals surface area contributed by atoms with E-state index in [1.54, 1.807) is 0 Å². The molecule has 7 nitrogen and oxygen atoms in total. The van der Waals surface area contributed by atoms with Crippen molar-refractivity contribution in [2.45, 2.75) is 26.7 Å². The molecule has 1 amide bonds. The van der Waals surface area contributed by atoms with Crippen LogP contribution in [0.4, 0.5) is 5.13 Å². The molecular formula is C23H20N4O3S. The van der Waals surface area contributed by atoms with E-state index in [0.717, 1.165) is 22.2 Å². The highest BCUT2D eigenvalue weighted by molar-refractivity contribution is 7.14. The number of aromatic amines is 2. The number of aromatic nitrogens is 3. The van der Waals surface area contributed by atoms with Crippen LogP contribution in [0.1, 0.15) is 46.7 Å². The van der Waals surface area contributed by atoms with Gasteiger partial charge in [0.25, 0.3) is 11.5 Å². The number of carbonyl (C=O) groups is 2. The number of hydrogen-bond acceptors (Lipinski definition) is 5. The Morgan fingerprint density at radius 3 is 2.81 bits per heavy atom. The molecule has 1 aliphatic rings. The first-order chi connectivity index (χ1) is 14.8. The van der Waals surface area contributed by atoms with E-state index in [4.69, 9.17) is 0 Å². The number of nitrogens with zero attached hydrogens (tertiary/aromatic N) is 1. The average molecular weight is 433 g/mol. The van der Waals surface area contributed by atoms with Crippen molar-refractivity contribution in [3.05, 3.63) is 69.1 Å². The van der Waals surface area contributed by atoms with Gasteiger partial charge < -0.3 is 9.97 Å². The van der Waals surface area contributed by atoms with Crippen molar-refractivity contribution in [3.63, 3.8) is 0 Å². The van der Waals surface area contributed by atoms with Crippen molar-refractivity contribution in [2.24, 2.45) is 5.41 Å². The minimum atomic E-state index is -0.582. The van der Waals surface area contributed by atoms with Crippen LogP contribution in [0, 0.1) is 5.41 Å². The van der Waals surface area contributed by atoms with Gasteiger partial charge in [-0.3, -0.25) is 19.7 Å². The lowest BCUT2D eigenvalue weighted by Gasteiger charge is -2.29. The van der Waals surface area contributed by atoms with Crippen LogP contribution >= 0.6 is 11.3 Å². The number of Topliss-reactive ketones (excluding diaryl/α,β-unsaturated/α-hetero) is 1. The number of thiazole rings is 1. The maximum atomic E-state index is 12.8. The van der Waals surface area contributed by atoms with E-state index < -0.39 is 11.5 Å². The summed E-state index contributed by atoms with van der Waals surface area (Å²) in [6, 6.07) is 9.31. The van der Waals surface area contributed by atoms with E-state index in [9.17, 15) is 14.4 Å². The minimum Gasteiger partial charge on any atom is -0.360 e. The normalized spacial score (nSPS) is 15.1. The number of rotatable bonds is 3. The molecule has 8 heteroatoms. The number of fused-ring (bicyclic) bond motifs is 2. The van der Waals surface area contributed by atoms with Gasteiger partial charge in [0.15, 0.2) is 10.9 Å². The second-order valence-corrected chi connectivity index (χ2v) is 9.44. The number of H-pyrrole nitrogens is 2. The first kappa shape index (κ1) is 19.4. The van der Waals surface area contributed by atoms with E-state index >= 15 is 0 Å². The summed E-state index contributed by atoms with van der Waals surface area (Å²) < 4.78 is 0. The zero-order valence-electron chi connectivity index (χ0n) is 17.0. The lowest BCUT2D eigenvalue weighted by Crippen LogP contribution is -2.32. The van der Waals surface area contributed by atoms with Crippen molar-refractivity contribution in [1.29, 1.82) is 0 Å². The second-order valence-electron chi connectivity index (χ2n) is 8.59. The van der Waals surface area contributed by atoms with Gasteiger partial charge >= 0.3 is 0 Å². The molecule has 0 fully saturated rings. The minimum absolute atomic E-state index is 0.0626. The van der Waals surface area contributed by atoms with E-state index in [2.05, 4.69) is 20.3 Å². The van der Waals surface area contributed by atoms with Gasteiger partial charge in [0, 0.05) is 45.7 Å². The highest BCUT2D eigenvalue weighted by Gasteiger charge is 2.32. The summed E-state index contributed by atoms with van der Waals surface area (Å²) in [4.78, 5) is 48.3. The second kappa shape index (κ2) is 7.02. The smallest absolute Gasteiger partial charge is 0.263 e. The summed E-state index contributed by atoms with van der Waals surface area (Å²) in [5, 5.41) is 5.97. The van der Waals surface area contributed by atoms with Gasteiger partial charge in [0.1, 0.15) is 5.56 Å². The lowest BCUT2D eigenvalue weighted by molar-refractivity contribution is 0.0910. The maximum absolute atomic E-state index is 12.8. The van der Waals surface area contributed by atoms with Crippen molar-refractivity contribution >= 4 is 39.1 Å². The zero-order chi connectivity index (χ0) is 21.8. The molecule has 31 heavy (non-hydrogen) atoms. The number of hydrogen-bond donors (Lipinski definition) is 3. The largest absolute Gasteiger partial charge is 0.360 e. The number of carbonyl (C=O) groups excluding carboxylic acids is 2. The van der Waals surface area contributed by atoms with Gasteiger partial charge in [-0.2, -0.15) is 0 Å². The fraction of sp³-hybridized carbons (Fsp3) is 0.217. The third-order valence-electron chi connectivity index (χ3n) is 5.55. The Morgan fingerprint density at radius 2 is 1.97 bits per heavy atom. The number of pyridine rings is 1. The molecule has 1 aliphatic carbocycles. The van der Waals surface area contributed by atoms with Crippen molar-refractivity contribution in [2.75, 3.05) is 5.32 Å². The molecular weight excluding hydrogens is 412 g/mol. The third-order valence-corrected chi connectivity index (χ3v) is 6.31. The van der Waals surface area contributed by atoms with E-state index in [1.165, 1.54) is 17.4 Å². The highest BCUT2D eigenvalue weighted by atomic mass is 32.1. The Bertz CT molecular complexity index is 1410. The number of anilines is 1. The summed E-state index contributed by atoms with van der Waals surface area (Å²) in [5.41, 5.74) is 2.88. The quantitative estimate of drug-likeness (QED) is 0.446. The van der Waals surface area contributed by atoms with E-state index in [1.807, 2.05) is 49.7 Å². The van der Waals surface area contributed by atoms with Gasteiger partial charge in [-0.1, -0.05) is 32.0 Å². The third kappa shape index (κ3) is 3.48. The molecule has 0 radical (unpaired) electrons. The summed E-state index contributed by atoms with van der Waals surface area (Å²) in [6.07, 6.45) is 2.85. The topological polar surface area (TPSA) is 108 Å².